The maximum Gasteiger partial charge on any atom is 0.308 e. The Hall–Kier alpha value is -1.56. The molecule has 0 aliphatic carbocycles. The van der Waals surface area contributed by atoms with Crippen molar-refractivity contribution in [1.82, 2.24) is 9.97 Å². The fraction of sp³-hybridized carbons (Fsp3) is 0.167. The first-order chi connectivity index (χ1) is 6.00. The van der Waals surface area contributed by atoms with Crippen LogP contribution >= 0.6 is 11.6 Å². The van der Waals surface area contributed by atoms with E-state index in [0.717, 1.165) is 0 Å². The van der Waals surface area contributed by atoms with Crippen molar-refractivity contribution >= 4 is 23.5 Å². The number of aliphatic carboxylic acids is 1. The number of rotatable bonds is 2. The maximum atomic E-state index is 11.1. The number of hydrogen-bond donors (Lipinski definition) is 3. The SMILES string of the molecule is Nc1nc(Cl)c(CC(=O)O)c(=O)[nH]1. The Morgan fingerprint density at radius 2 is 2.31 bits per heavy atom. The van der Waals surface area contributed by atoms with Crippen LogP contribution in [-0.4, -0.2) is 21.0 Å². The van der Waals surface area contributed by atoms with Crippen LogP contribution in [0.15, 0.2) is 4.79 Å². The van der Waals surface area contributed by atoms with Crippen LogP contribution in [0.25, 0.3) is 0 Å². The van der Waals surface area contributed by atoms with Gasteiger partial charge in [0.1, 0.15) is 5.15 Å². The first-order valence-corrected chi connectivity index (χ1v) is 3.64. The normalized spacial score (nSPS) is 9.92. The van der Waals surface area contributed by atoms with Crippen LogP contribution in [-0.2, 0) is 11.2 Å². The van der Waals surface area contributed by atoms with Gasteiger partial charge in [0.15, 0.2) is 0 Å². The average Bonchev–Trinajstić information content (AvgIpc) is 1.96. The van der Waals surface area contributed by atoms with Crippen LogP contribution in [0.2, 0.25) is 5.15 Å². The molecule has 6 nitrogen and oxygen atoms in total. The number of nitrogens with one attached hydrogen (secondary N) is 1. The van der Waals surface area contributed by atoms with Gasteiger partial charge in [0.05, 0.1) is 12.0 Å². The van der Waals surface area contributed by atoms with E-state index in [1.54, 1.807) is 0 Å². The van der Waals surface area contributed by atoms with Crippen LogP contribution in [0.4, 0.5) is 5.95 Å². The zero-order chi connectivity index (χ0) is 10.0. The summed E-state index contributed by atoms with van der Waals surface area (Å²) in [5, 5.41) is 8.24. The quantitative estimate of drug-likeness (QED) is 0.569. The summed E-state index contributed by atoms with van der Waals surface area (Å²) >= 11 is 5.50. The second-order valence-electron chi connectivity index (χ2n) is 2.29. The van der Waals surface area contributed by atoms with Crippen molar-refractivity contribution in [2.24, 2.45) is 0 Å². The minimum absolute atomic E-state index is 0.0941. The van der Waals surface area contributed by atoms with Gasteiger partial charge in [-0.15, -0.1) is 0 Å². The molecule has 0 aliphatic heterocycles. The number of carboxylic acids is 1. The molecule has 0 radical (unpaired) electrons. The Labute approximate surface area is 77.4 Å². The van der Waals surface area contributed by atoms with Gasteiger partial charge in [-0.25, -0.2) is 4.98 Å². The summed E-state index contributed by atoms with van der Waals surface area (Å²) in [5.41, 5.74) is 4.44. The number of aromatic nitrogens is 2. The molecule has 7 heteroatoms. The molecule has 0 spiro atoms. The Kier molecular flexibility index (Phi) is 2.52. The smallest absolute Gasteiger partial charge is 0.308 e. The molecule has 1 rings (SSSR count). The molecule has 0 bridgehead atoms. The molecule has 0 saturated heterocycles. The van der Waals surface area contributed by atoms with E-state index in [1.165, 1.54) is 0 Å². The average molecular weight is 204 g/mol. The maximum absolute atomic E-state index is 11.1. The Bertz CT molecular complexity index is 401. The largest absolute Gasteiger partial charge is 0.481 e. The van der Waals surface area contributed by atoms with Crippen molar-refractivity contribution in [3.63, 3.8) is 0 Å². The van der Waals surface area contributed by atoms with E-state index in [-0.39, 0.29) is 16.7 Å². The standard InChI is InChI=1S/C6H6ClN3O3/c7-4-2(1-3(11)12)5(13)10-6(8)9-4/h1H2,(H,11,12)(H3,8,9,10,13). The molecule has 1 aromatic heterocycles. The first-order valence-electron chi connectivity index (χ1n) is 3.26. The number of H-pyrrole nitrogens is 1. The molecule has 0 unspecified atom stereocenters. The van der Waals surface area contributed by atoms with Crippen molar-refractivity contribution in [3.8, 4) is 0 Å². The molecule has 0 aromatic carbocycles. The first kappa shape index (κ1) is 9.53. The minimum Gasteiger partial charge on any atom is -0.481 e. The monoisotopic (exact) mass is 203 g/mol. The van der Waals surface area contributed by atoms with E-state index >= 15 is 0 Å². The predicted octanol–water partition coefficient (Wildman–Crippen LogP) is -0.367. The van der Waals surface area contributed by atoms with Gasteiger partial charge in [0.2, 0.25) is 5.95 Å². The van der Waals surface area contributed by atoms with Gasteiger partial charge in [-0.2, -0.15) is 0 Å². The highest BCUT2D eigenvalue weighted by atomic mass is 35.5. The highest BCUT2D eigenvalue weighted by Crippen LogP contribution is 2.09. The summed E-state index contributed by atoms with van der Waals surface area (Å²) in [4.78, 5) is 27.0. The summed E-state index contributed by atoms with van der Waals surface area (Å²) in [6, 6.07) is 0. The highest BCUT2D eigenvalue weighted by Gasteiger charge is 2.11. The molecule has 4 N–H and O–H groups in total. The van der Waals surface area contributed by atoms with Gasteiger partial charge in [0.25, 0.3) is 5.56 Å². The van der Waals surface area contributed by atoms with Crippen LogP contribution in [0.3, 0.4) is 0 Å². The van der Waals surface area contributed by atoms with Gasteiger partial charge in [-0.3, -0.25) is 14.6 Å². The van der Waals surface area contributed by atoms with Crippen LogP contribution < -0.4 is 11.3 Å². The molecular formula is C6H6ClN3O3. The minimum atomic E-state index is -1.15. The van der Waals surface area contributed by atoms with Crippen LogP contribution in [0, 0.1) is 0 Å². The summed E-state index contributed by atoms with van der Waals surface area (Å²) in [6.07, 6.45) is -0.471. The van der Waals surface area contributed by atoms with Crippen LogP contribution in [0.1, 0.15) is 5.56 Å². The molecule has 0 fully saturated rings. The second kappa shape index (κ2) is 3.44. The topological polar surface area (TPSA) is 109 Å². The highest BCUT2D eigenvalue weighted by molar-refractivity contribution is 6.30. The lowest BCUT2D eigenvalue weighted by molar-refractivity contribution is -0.136. The number of nitrogens with two attached hydrogens (primary N) is 1. The Morgan fingerprint density at radius 3 is 2.77 bits per heavy atom. The van der Waals surface area contributed by atoms with Crippen molar-refractivity contribution in [3.05, 3.63) is 21.1 Å². The van der Waals surface area contributed by atoms with Gasteiger partial charge in [0, 0.05) is 0 Å². The number of carboxylic acid groups (broad SMARTS) is 1. The van der Waals surface area contributed by atoms with Crippen molar-refractivity contribution in [1.29, 1.82) is 0 Å². The molecule has 0 saturated carbocycles. The van der Waals surface area contributed by atoms with Crippen molar-refractivity contribution in [2.45, 2.75) is 6.42 Å². The third kappa shape index (κ3) is 2.19. The number of hydrogen-bond acceptors (Lipinski definition) is 4. The molecule has 13 heavy (non-hydrogen) atoms. The van der Waals surface area contributed by atoms with E-state index in [1.807, 2.05) is 0 Å². The summed E-state index contributed by atoms with van der Waals surface area (Å²) < 4.78 is 0. The van der Waals surface area contributed by atoms with E-state index in [0.29, 0.717) is 0 Å². The third-order valence-electron chi connectivity index (χ3n) is 1.31. The third-order valence-corrected chi connectivity index (χ3v) is 1.62. The fourth-order valence-electron chi connectivity index (χ4n) is 0.791. The number of anilines is 1. The molecule has 0 aliphatic rings. The molecule has 0 amide bonds. The predicted molar refractivity (Wildman–Crippen MR) is 45.6 cm³/mol. The number of nitrogens with zero attached hydrogens (tertiary/aromatic N) is 1. The number of aromatic amines is 1. The summed E-state index contributed by atoms with van der Waals surface area (Å²) in [5.74, 6) is -1.29. The van der Waals surface area contributed by atoms with E-state index < -0.39 is 17.9 Å². The number of carbonyl (C=O) groups is 1. The lowest BCUT2D eigenvalue weighted by atomic mass is 10.2. The lowest BCUT2D eigenvalue weighted by Gasteiger charge is -1.99. The molecule has 0 atom stereocenters. The summed E-state index contributed by atoms with van der Waals surface area (Å²) in [6.45, 7) is 0. The zero-order valence-electron chi connectivity index (χ0n) is 6.37. The van der Waals surface area contributed by atoms with Crippen LogP contribution in [0.5, 0.6) is 0 Å². The van der Waals surface area contributed by atoms with Crippen molar-refractivity contribution < 1.29 is 9.90 Å². The van der Waals surface area contributed by atoms with Gasteiger partial charge < -0.3 is 10.8 Å². The number of nitrogen functional groups attached to an aromatic ring is 1. The van der Waals surface area contributed by atoms with Gasteiger partial charge in [-0.1, -0.05) is 11.6 Å². The fourth-order valence-corrected chi connectivity index (χ4v) is 1.03. The Balaban J connectivity index is 3.21. The molecule has 1 aromatic rings. The van der Waals surface area contributed by atoms with Crippen molar-refractivity contribution in [2.75, 3.05) is 5.73 Å². The summed E-state index contributed by atoms with van der Waals surface area (Å²) in [7, 11) is 0. The Morgan fingerprint density at radius 1 is 1.69 bits per heavy atom. The molecule has 1 heterocycles. The zero-order valence-corrected chi connectivity index (χ0v) is 7.13. The van der Waals surface area contributed by atoms with E-state index in [4.69, 9.17) is 22.4 Å². The molecule has 70 valence electrons. The van der Waals surface area contributed by atoms with E-state index in [9.17, 15) is 9.59 Å². The second-order valence-corrected chi connectivity index (χ2v) is 2.65. The number of halogens is 1. The van der Waals surface area contributed by atoms with E-state index in [2.05, 4.69) is 9.97 Å². The van der Waals surface area contributed by atoms with Gasteiger partial charge >= 0.3 is 5.97 Å². The van der Waals surface area contributed by atoms with Gasteiger partial charge in [-0.05, 0) is 0 Å². The lowest BCUT2D eigenvalue weighted by Crippen LogP contribution is -2.19. The molecular weight excluding hydrogens is 198 g/mol.